The van der Waals surface area contributed by atoms with Gasteiger partial charge in [0.2, 0.25) is 6.23 Å². The van der Waals surface area contributed by atoms with Crippen molar-refractivity contribution in [2.75, 3.05) is 0 Å². The smallest absolute Gasteiger partial charge is 0.434 e. The number of β-lactam (4-membered cyclic amide) rings is 1. The number of rotatable bonds is 0. The summed E-state index contributed by atoms with van der Waals surface area (Å²) in [6, 6.07) is -0.982. The van der Waals surface area contributed by atoms with Crippen LogP contribution in [0.3, 0.4) is 0 Å². The molecule has 14 heavy (non-hydrogen) atoms. The van der Waals surface area contributed by atoms with E-state index in [0.29, 0.717) is 4.90 Å². The largest absolute Gasteiger partial charge is 0.470 e. The number of amides is 1. The fourth-order valence-corrected chi connectivity index (χ4v) is 1.59. The standard InChI is InChI=1S/C7H7F3N2O2/c1-2-4(7(8,9)10)12-5(13)3(11)6(12)14-2/h3,6H,11H2,1H3. The molecule has 0 aromatic heterocycles. The molecular formula is C7H7F3N2O2. The van der Waals surface area contributed by atoms with Crippen molar-refractivity contribution >= 4 is 5.91 Å². The molecule has 78 valence electrons. The minimum atomic E-state index is -4.57. The maximum absolute atomic E-state index is 12.4. The number of fused-ring (bicyclic) bond motifs is 1. The molecular weight excluding hydrogens is 201 g/mol. The van der Waals surface area contributed by atoms with E-state index >= 15 is 0 Å². The van der Waals surface area contributed by atoms with Gasteiger partial charge in [0.05, 0.1) is 0 Å². The summed E-state index contributed by atoms with van der Waals surface area (Å²) in [5.41, 5.74) is 4.23. The molecule has 0 aliphatic carbocycles. The van der Waals surface area contributed by atoms with Gasteiger partial charge >= 0.3 is 6.18 Å². The summed E-state index contributed by atoms with van der Waals surface area (Å²) in [6.07, 6.45) is -5.55. The lowest BCUT2D eigenvalue weighted by Crippen LogP contribution is -2.67. The zero-order valence-corrected chi connectivity index (χ0v) is 7.13. The summed E-state index contributed by atoms with van der Waals surface area (Å²) in [5, 5.41) is 0. The Labute approximate surface area is 77.1 Å². The van der Waals surface area contributed by atoms with E-state index in [1.807, 2.05) is 0 Å². The zero-order valence-electron chi connectivity index (χ0n) is 7.13. The second-order valence-electron chi connectivity index (χ2n) is 3.14. The summed E-state index contributed by atoms with van der Waals surface area (Å²) in [7, 11) is 0. The molecule has 2 aliphatic rings. The van der Waals surface area contributed by atoms with Crippen molar-refractivity contribution in [1.29, 1.82) is 0 Å². The van der Waals surface area contributed by atoms with Crippen molar-refractivity contribution in [1.82, 2.24) is 4.90 Å². The van der Waals surface area contributed by atoms with E-state index in [1.54, 1.807) is 0 Å². The lowest BCUT2D eigenvalue weighted by atomic mass is 10.1. The van der Waals surface area contributed by atoms with Crippen molar-refractivity contribution in [2.24, 2.45) is 5.73 Å². The van der Waals surface area contributed by atoms with Crippen LogP contribution in [0, 0.1) is 0 Å². The van der Waals surface area contributed by atoms with Gasteiger partial charge in [-0.05, 0) is 6.92 Å². The molecule has 7 heteroatoms. The van der Waals surface area contributed by atoms with Crippen LogP contribution in [0.1, 0.15) is 6.92 Å². The molecule has 0 saturated carbocycles. The quantitative estimate of drug-likeness (QED) is 0.583. The number of carbonyl (C=O) groups is 1. The molecule has 2 aliphatic heterocycles. The lowest BCUT2D eigenvalue weighted by Gasteiger charge is -2.39. The van der Waals surface area contributed by atoms with Gasteiger partial charge in [0.1, 0.15) is 11.8 Å². The Morgan fingerprint density at radius 2 is 2.07 bits per heavy atom. The van der Waals surface area contributed by atoms with Crippen LogP contribution in [0.25, 0.3) is 0 Å². The maximum Gasteiger partial charge on any atom is 0.434 e. The maximum atomic E-state index is 12.4. The summed E-state index contributed by atoms with van der Waals surface area (Å²) in [4.78, 5) is 11.6. The van der Waals surface area contributed by atoms with E-state index in [4.69, 9.17) is 10.5 Å². The summed E-state index contributed by atoms with van der Waals surface area (Å²) >= 11 is 0. The second-order valence-corrected chi connectivity index (χ2v) is 3.14. The van der Waals surface area contributed by atoms with Crippen molar-refractivity contribution in [3.8, 4) is 0 Å². The third-order valence-corrected chi connectivity index (χ3v) is 2.22. The topological polar surface area (TPSA) is 55.6 Å². The SMILES string of the molecule is CC1=C(C(F)(F)F)N2C(=O)C(N)C2O1. The van der Waals surface area contributed by atoms with Crippen LogP contribution in [0.15, 0.2) is 11.5 Å². The van der Waals surface area contributed by atoms with E-state index in [9.17, 15) is 18.0 Å². The minimum Gasteiger partial charge on any atom is -0.470 e. The second kappa shape index (κ2) is 2.41. The highest BCUT2D eigenvalue weighted by molar-refractivity contribution is 5.91. The number of nitrogens with zero attached hydrogens (tertiary/aromatic N) is 1. The van der Waals surface area contributed by atoms with E-state index in [-0.39, 0.29) is 5.76 Å². The van der Waals surface area contributed by atoms with Crippen LogP contribution in [-0.4, -0.2) is 29.3 Å². The molecule has 2 rings (SSSR count). The number of ether oxygens (including phenoxy) is 1. The summed E-state index contributed by atoms with van der Waals surface area (Å²) in [6.45, 7) is 1.17. The van der Waals surface area contributed by atoms with Crippen LogP contribution in [0.5, 0.6) is 0 Å². The first-order chi connectivity index (χ1) is 6.34. The van der Waals surface area contributed by atoms with Gasteiger partial charge in [0, 0.05) is 0 Å². The minimum absolute atomic E-state index is 0.302. The van der Waals surface area contributed by atoms with Gasteiger partial charge in [-0.25, -0.2) is 0 Å². The Kier molecular flexibility index (Phi) is 1.61. The Morgan fingerprint density at radius 1 is 1.50 bits per heavy atom. The number of carbonyl (C=O) groups excluding carboxylic acids is 1. The average Bonchev–Trinajstić information content (AvgIpc) is 2.38. The van der Waals surface area contributed by atoms with Gasteiger partial charge in [-0.1, -0.05) is 0 Å². The third-order valence-electron chi connectivity index (χ3n) is 2.22. The highest BCUT2D eigenvalue weighted by Gasteiger charge is 2.59. The van der Waals surface area contributed by atoms with Crippen molar-refractivity contribution in [3.05, 3.63) is 11.5 Å². The number of alkyl halides is 3. The van der Waals surface area contributed by atoms with Gasteiger partial charge in [-0.2, -0.15) is 13.2 Å². The first kappa shape index (κ1) is 9.32. The molecule has 2 unspecified atom stereocenters. The van der Waals surface area contributed by atoms with Crippen LogP contribution >= 0.6 is 0 Å². The molecule has 2 N–H and O–H groups in total. The number of allylic oxidation sites excluding steroid dienone is 2. The molecule has 1 fully saturated rings. The van der Waals surface area contributed by atoms with Gasteiger partial charge in [0.15, 0.2) is 5.70 Å². The molecule has 0 bridgehead atoms. The highest BCUT2D eigenvalue weighted by atomic mass is 19.4. The first-order valence-corrected chi connectivity index (χ1v) is 3.87. The highest BCUT2D eigenvalue weighted by Crippen LogP contribution is 2.43. The van der Waals surface area contributed by atoms with Crippen LogP contribution in [0.2, 0.25) is 0 Å². The number of nitrogens with two attached hydrogens (primary N) is 1. The molecule has 4 nitrogen and oxygen atoms in total. The average molecular weight is 208 g/mol. The Bertz CT molecular complexity index is 336. The molecule has 2 heterocycles. The number of halogens is 3. The van der Waals surface area contributed by atoms with Crippen molar-refractivity contribution < 1.29 is 22.7 Å². The Morgan fingerprint density at radius 3 is 2.57 bits per heavy atom. The summed E-state index contributed by atoms with van der Waals surface area (Å²) < 4.78 is 42.0. The monoisotopic (exact) mass is 208 g/mol. The molecule has 1 amide bonds. The van der Waals surface area contributed by atoms with E-state index in [0.717, 1.165) is 0 Å². The van der Waals surface area contributed by atoms with Crippen molar-refractivity contribution in [2.45, 2.75) is 25.4 Å². The molecule has 0 spiro atoms. The van der Waals surface area contributed by atoms with Crippen LogP contribution in [0.4, 0.5) is 13.2 Å². The van der Waals surface area contributed by atoms with E-state index < -0.39 is 30.1 Å². The molecule has 1 saturated heterocycles. The number of hydrogen-bond acceptors (Lipinski definition) is 3. The predicted octanol–water partition coefficient (Wildman–Crippen LogP) is 0.306. The molecule has 0 aromatic carbocycles. The van der Waals surface area contributed by atoms with E-state index in [2.05, 4.69) is 0 Å². The van der Waals surface area contributed by atoms with Gasteiger partial charge in [-0.15, -0.1) is 0 Å². The van der Waals surface area contributed by atoms with Crippen molar-refractivity contribution in [3.63, 3.8) is 0 Å². The zero-order chi connectivity index (χ0) is 10.7. The molecule has 2 atom stereocenters. The fourth-order valence-electron chi connectivity index (χ4n) is 1.59. The van der Waals surface area contributed by atoms with Crippen LogP contribution < -0.4 is 5.73 Å². The van der Waals surface area contributed by atoms with Gasteiger partial charge in [0.25, 0.3) is 5.91 Å². The fraction of sp³-hybridized carbons (Fsp3) is 0.571. The van der Waals surface area contributed by atoms with E-state index in [1.165, 1.54) is 6.92 Å². The lowest BCUT2D eigenvalue weighted by molar-refractivity contribution is -0.171. The summed E-state index contributed by atoms with van der Waals surface area (Å²) in [5.74, 6) is -1.05. The first-order valence-electron chi connectivity index (χ1n) is 3.87. The van der Waals surface area contributed by atoms with Crippen LogP contribution in [-0.2, 0) is 9.53 Å². The normalized spacial score (nSPS) is 31.5. The molecule has 0 aromatic rings. The van der Waals surface area contributed by atoms with Gasteiger partial charge < -0.3 is 10.5 Å². The Balaban J connectivity index is 2.34. The number of hydrogen-bond donors (Lipinski definition) is 1. The predicted molar refractivity (Wildman–Crippen MR) is 38.4 cm³/mol. The third kappa shape index (κ3) is 0.955. The molecule has 0 radical (unpaired) electrons. The Hall–Kier alpha value is -1.24. The van der Waals surface area contributed by atoms with Gasteiger partial charge in [-0.3, -0.25) is 9.69 Å².